The molecule has 0 radical (unpaired) electrons. The Kier molecular flexibility index (Phi) is 8.11. The number of nitrogens with one attached hydrogen (secondary N) is 1. The van der Waals surface area contributed by atoms with Crippen LogP contribution in [-0.2, 0) is 18.3 Å². The van der Waals surface area contributed by atoms with Gasteiger partial charge in [0.25, 0.3) is 5.91 Å². The zero-order chi connectivity index (χ0) is 25.8. The van der Waals surface area contributed by atoms with E-state index in [1.54, 1.807) is 16.5 Å². The molecule has 2 amide bonds. The fourth-order valence-electron chi connectivity index (χ4n) is 4.67. The Morgan fingerprint density at radius 3 is 2.56 bits per heavy atom. The SMILES string of the molecule is CCc1nc2c(cc1-c1ccc(Cl)cc1)c(OCCF)c(C(=O)NC1CCN(C(=O)CO)CC1)n2C. The maximum Gasteiger partial charge on any atom is 0.272 e. The number of amides is 2. The molecule has 3 aromatic rings. The monoisotopic (exact) mass is 516 g/mol. The van der Waals surface area contributed by atoms with Crippen LogP contribution in [0.5, 0.6) is 5.75 Å². The number of carbonyl (C=O) groups excluding carboxylic acids is 2. The number of aromatic nitrogens is 2. The molecular formula is C26H30ClFN4O4. The largest absolute Gasteiger partial charge is 0.488 e. The summed E-state index contributed by atoms with van der Waals surface area (Å²) < 4.78 is 20.6. The average molecular weight is 517 g/mol. The van der Waals surface area contributed by atoms with Crippen LogP contribution in [0.1, 0.15) is 35.9 Å². The molecule has 8 nitrogen and oxygen atoms in total. The van der Waals surface area contributed by atoms with Crippen molar-refractivity contribution in [3.63, 3.8) is 0 Å². The number of piperidine rings is 1. The van der Waals surface area contributed by atoms with Crippen molar-refractivity contribution in [1.29, 1.82) is 0 Å². The summed E-state index contributed by atoms with van der Waals surface area (Å²) >= 11 is 6.07. The van der Waals surface area contributed by atoms with Gasteiger partial charge in [0.15, 0.2) is 11.4 Å². The van der Waals surface area contributed by atoms with Gasteiger partial charge in [-0.05, 0) is 43.0 Å². The highest BCUT2D eigenvalue weighted by atomic mass is 35.5. The molecule has 1 aliphatic rings. The van der Waals surface area contributed by atoms with E-state index < -0.39 is 13.3 Å². The molecule has 0 unspecified atom stereocenters. The lowest BCUT2D eigenvalue weighted by atomic mass is 10.0. The molecule has 2 N–H and O–H groups in total. The molecule has 4 rings (SSSR count). The predicted molar refractivity (Wildman–Crippen MR) is 136 cm³/mol. The summed E-state index contributed by atoms with van der Waals surface area (Å²) in [6.45, 7) is 1.52. The van der Waals surface area contributed by atoms with Gasteiger partial charge in [-0.1, -0.05) is 30.7 Å². The molecular weight excluding hydrogens is 487 g/mol. The lowest BCUT2D eigenvalue weighted by Gasteiger charge is -2.32. The third kappa shape index (κ3) is 5.17. The maximum absolute atomic E-state index is 13.4. The van der Waals surface area contributed by atoms with Crippen LogP contribution in [0, 0.1) is 0 Å². The normalized spacial score (nSPS) is 14.3. The van der Waals surface area contributed by atoms with Crippen LogP contribution in [0.3, 0.4) is 0 Å². The summed E-state index contributed by atoms with van der Waals surface area (Å²) in [4.78, 5) is 31.6. The van der Waals surface area contributed by atoms with Gasteiger partial charge < -0.3 is 24.6 Å². The van der Waals surface area contributed by atoms with Crippen molar-refractivity contribution < 1.29 is 23.8 Å². The summed E-state index contributed by atoms with van der Waals surface area (Å²) in [6, 6.07) is 9.24. The first kappa shape index (κ1) is 25.9. The second-order valence-electron chi connectivity index (χ2n) is 8.78. The fraction of sp³-hybridized carbons (Fsp3) is 0.423. The molecule has 0 spiro atoms. The van der Waals surface area contributed by atoms with E-state index in [0.29, 0.717) is 54.2 Å². The molecule has 192 valence electrons. The number of aryl methyl sites for hydroxylation is 2. The van der Waals surface area contributed by atoms with Crippen LogP contribution in [0.2, 0.25) is 5.02 Å². The lowest BCUT2D eigenvalue weighted by molar-refractivity contribution is -0.135. The minimum Gasteiger partial charge on any atom is -0.488 e. The molecule has 2 aromatic heterocycles. The number of benzene rings is 1. The van der Waals surface area contributed by atoms with Crippen molar-refractivity contribution in [2.75, 3.05) is 33.0 Å². The van der Waals surface area contributed by atoms with E-state index in [4.69, 9.17) is 26.4 Å². The Balaban J connectivity index is 1.70. The van der Waals surface area contributed by atoms with Crippen molar-refractivity contribution in [3.05, 3.63) is 46.7 Å². The van der Waals surface area contributed by atoms with E-state index in [9.17, 15) is 14.0 Å². The van der Waals surface area contributed by atoms with Gasteiger partial charge in [0.1, 0.15) is 25.5 Å². The summed E-state index contributed by atoms with van der Waals surface area (Å²) in [5.74, 6) is -0.368. The maximum atomic E-state index is 13.4. The first-order valence-corrected chi connectivity index (χ1v) is 12.4. The van der Waals surface area contributed by atoms with Gasteiger partial charge in [-0.25, -0.2) is 9.37 Å². The molecule has 1 saturated heterocycles. The van der Waals surface area contributed by atoms with Crippen LogP contribution in [-0.4, -0.2) is 70.4 Å². The molecule has 0 saturated carbocycles. The van der Waals surface area contributed by atoms with E-state index in [-0.39, 0.29) is 30.2 Å². The van der Waals surface area contributed by atoms with Crippen molar-refractivity contribution in [3.8, 4) is 16.9 Å². The van der Waals surface area contributed by atoms with Crippen molar-refractivity contribution >= 4 is 34.4 Å². The number of ether oxygens (including phenoxy) is 1. The highest BCUT2D eigenvalue weighted by molar-refractivity contribution is 6.30. The number of fused-ring (bicyclic) bond motifs is 1. The van der Waals surface area contributed by atoms with Gasteiger partial charge in [-0.2, -0.15) is 0 Å². The Morgan fingerprint density at radius 2 is 1.94 bits per heavy atom. The third-order valence-electron chi connectivity index (χ3n) is 6.54. The standard InChI is InChI=1S/C26H30ClFN4O4/c1-3-21-19(16-4-6-17(27)7-5-16)14-20-24(36-13-10-28)23(31(2)25(20)30-21)26(35)29-18-8-11-32(12-9-18)22(34)15-33/h4-7,14,18,33H,3,8-13,15H2,1-2H3,(H,29,35). The first-order chi connectivity index (χ1) is 17.4. The predicted octanol–water partition coefficient (Wildman–Crippen LogP) is 3.52. The minimum atomic E-state index is -0.695. The van der Waals surface area contributed by atoms with Crippen LogP contribution >= 0.6 is 11.6 Å². The second-order valence-corrected chi connectivity index (χ2v) is 9.21. The number of aliphatic hydroxyl groups is 1. The number of carbonyl (C=O) groups is 2. The molecule has 3 heterocycles. The van der Waals surface area contributed by atoms with E-state index in [2.05, 4.69) is 5.32 Å². The summed E-state index contributed by atoms with van der Waals surface area (Å²) in [5.41, 5.74) is 3.53. The van der Waals surface area contributed by atoms with Gasteiger partial charge in [-0.3, -0.25) is 9.59 Å². The fourth-order valence-corrected chi connectivity index (χ4v) is 4.79. The minimum absolute atomic E-state index is 0.143. The smallest absolute Gasteiger partial charge is 0.272 e. The Hall–Kier alpha value is -3.17. The molecule has 0 bridgehead atoms. The van der Waals surface area contributed by atoms with Crippen molar-refractivity contribution in [1.82, 2.24) is 19.8 Å². The second kappa shape index (κ2) is 11.3. The Labute approximate surface area is 214 Å². The molecule has 1 fully saturated rings. The van der Waals surface area contributed by atoms with Crippen LogP contribution in [0.15, 0.2) is 30.3 Å². The number of hydrogen-bond donors (Lipinski definition) is 2. The number of halogens is 2. The zero-order valence-corrected chi connectivity index (χ0v) is 21.1. The highest BCUT2D eigenvalue weighted by Crippen LogP contribution is 2.36. The van der Waals surface area contributed by atoms with Crippen LogP contribution in [0.25, 0.3) is 22.2 Å². The summed E-state index contributed by atoms with van der Waals surface area (Å²) in [6.07, 6.45) is 1.81. The molecule has 1 aliphatic heterocycles. The number of rotatable bonds is 8. The molecule has 0 aliphatic carbocycles. The van der Waals surface area contributed by atoms with E-state index in [1.165, 1.54) is 0 Å². The first-order valence-electron chi connectivity index (χ1n) is 12.0. The van der Waals surface area contributed by atoms with E-state index in [1.807, 2.05) is 37.3 Å². The third-order valence-corrected chi connectivity index (χ3v) is 6.79. The molecule has 10 heteroatoms. The molecule has 36 heavy (non-hydrogen) atoms. The quantitative estimate of drug-likeness (QED) is 0.477. The Bertz CT molecular complexity index is 1250. The van der Waals surface area contributed by atoms with E-state index >= 15 is 0 Å². The Morgan fingerprint density at radius 1 is 1.25 bits per heavy atom. The van der Waals surface area contributed by atoms with Crippen molar-refractivity contribution in [2.24, 2.45) is 7.05 Å². The summed E-state index contributed by atoms with van der Waals surface area (Å²) in [5, 5.41) is 13.4. The van der Waals surface area contributed by atoms with E-state index in [0.717, 1.165) is 16.8 Å². The molecule has 1 aromatic carbocycles. The van der Waals surface area contributed by atoms with Gasteiger partial charge in [0.05, 0.1) is 11.1 Å². The van der Waals surface area contributed by atoms with Gasteiger partial charge in [0, 0.05) is 36.8 Å². The average Bonchev–Trinajstić information content (AvgIpc) is 3.17. The molecule has 0 atom stereocenters. The van der Waals surface area contributed by atoms with Gasteiger partial charge in [0.2, 0.25) is 5.91 Å². The number of aliphatic hydroxyl groups excluding tert-OH is 1. The lowest BCUT2D eigenvalue weighted by Crippen LogP contribution is -2.47. The van der Waals surface area contributed by atoms with Crippen LogP contribution in [0.4, 0.5) is 4.39 Å². The zero-order valence-electron chi connectivity index (χ0n) is 20.4. The van der Waals surface area contributed by atoms with Crippen molar-refractivity contribution in [2.45, 2.75) is 32.2 Å². The number of pyridine rings is 1. The number of likely N-dealkylation sites (tertiary alicyclic amines) is 1. The highest BCUT2D eigenvalue weighted by Gasteiger charge is 2.29. The van der Waals surface area contributed by atoms with Gasteiger partial charge in [-0.15, -0.1) is 0 Å². The number of hydrogen-bond acceptors (Lipinski definition) is 5. The van der Waals surface area contributed by atoms with Crippen LogP contribution < -0.4 is 10.1 Å². The number of alkyl halides is 1. The van der Waals surface area contributed by atoms with Gasteiger partial charge >= 0.3 is 0 Å². The topological polar surface area (TPSA) is 96.7 Å². The number of nitrogens with zero attached hydrogens (tertiary/aromatic N) is 3. The summed E-state index contributed by atoms with van der Waals surface area (Å²) in [7, 11) is 1.75.